The molecule has 1 unspecified atom stereocenters. The number of aromatic nitrogens is 2. The van der Waals surface area contributed by atoms with Gasteiger partial charge in [0, 0.05) is 11.4 Å². The largest absolute Gasteiger partial charge is 0.358 e. The van der Waals surface area contributed by atoms with E-state index in [1.54, 1.807) is 17.7 Å². The molecule has 100 valence electrons. The van der Waals surface area contributed by atoms with Gasteiger partial charge in [0.2, 0.25) is 5.91 Å². The Labute approximate surface area is 115 Å². The van der Waals surface area contributed by atoms with Crippen molar-refractivity contribution in [2.24, 2.45) is 0 Å². The molecule has 0 aromatic carbocycles. The molecule has 0 bridgehead atoms. The van der Waals surface area contributed by atoms with Crippen LogP contribution >= 0.6 is 11.3 Å². The summed E-state index contributed by atoms with van der Waals surface area (Å²) in [6.07, 6.45) is 4.40. The molecule has 2 aromatic heterocycles. The lowest BCUT2D eigenvalue weighted by atomic mass is 10.1. The zero-order valence-corrected chi connectivity index (χ0v) is 11.6. The number of hydrogen-bond donors (Lipinski definition) is 2. The maximum absolute atomic E-state index is 11.8. The van der Waals surface area contributed by atoms with Gasteiger partial charge in [0.15, 0.2) is 0 Å². The molecule has 1 aliphatic rings. The van der Waals surface area contributed by atoms with E-state index in [1.165, 1.54) is 4.88 Å². The average Bonchev–Trinajstić information content (AvgIpc) is 2.85. The van der Waals surface area contributed by atoms with E-state index in [2.05, 4.69) is 33.6 Å². The highest BCUT2D eigenvalue weighted by Crippen LogP contribution is 2.29. The number of fused-ring (bicyclic) bond motifs is 1. The molecule has 19 heavy (non-hydrogen) atoms. The van der Waals surface area contributed by atoms with Gasteiger partial charge >= 0.3 is 0 Å². The van der Waals surface area contributed by atoms with Crippen LogP contribution in [0.15, 0.2) is 12.4 Å². The number of nitrogens with one attached hydrogen (secondary N) is 2. The van der Waals surface area contributed by atoms with Crippen LogP contribution in [0.25, 0.3) is 10.2 Å². The van der Waals surface area contributed by atoms with E-state index in [4.69, 9.17) is 0 Å². The second-order valence-corrected chi connectivity index (χ2v) is 5.75. The summed E-state index contributed by atoms with van der Waals surface area (Å²) in [6, 6.07) is 1.93. The minimum absolute atomic E-state index is 0.0592. The average molecular weight is 276 g/mol. The summed E-state index contributed by atoms with van der Waals surface area (Å²) in [7, 11) is 0. The van der Waals surface area contributed by atoms with Gasteiger partial charge in [0.25, 0.3) is 0 Å². The van der Waals surface area contributed by atoms with Gasteiger partial charge in [0.1, 0.15) is 23.0 Å². The van der Waals surface area contributed by atoms with Crippen molar-refractivity contribution in [1.82, 2.24) is 15.3 Å². The molecule has 3 heterocycles. The fourth-order valence-corrected chi connectivity index (χ4v) is 3.20. The summed E-state index contributed by atoms with van der Waals surface area (Å²) in [5.74, 6) is 0.826. The number of aryl methyl sites for hydroxylation is 1. The number of carbonyl (C=O) groups excluding carboxylic acids is 1. The molecule has 0 radical (unpaired) electrons. The minimum Gasteiger partial charge on any atom is -0.358 e. The maximum Gasteiger partial charge on any atom is 0.242 e. The molecule has 0 spiro atoms. The van der Waals surface area contributed by atoms with Gasteiger partial charge in [-0.25, -0.2) is 9.97 Å². The van der Waals surface area contributed by atoms with Gasteiger partial charge in [-0.05, 0) is 25.3 Å². The Kier molecular flexibility index (Phi) is 3.33. The number of carbonyl (C=O) groups is 1. The summed E-state index contributed by atoms with van der Waals surface area (Å²) in [5.41, 5.74) is 0. The Hall–Kier alpha value is -1.69. The van der Waals surface area contributed by atoms with Gasteiger partial charge in [-0.15, -0.1) is 11.3 Å². The van der Waals surface area contributed by atoms with Crippen LogP contribution in [-0.4, -0.2) is 28.5 Å². The van der Waals surface area contributed by atoms with Crippen LogP contribution in [-0.2, 0) is 11.2 Å². The first-order valence-corrected chi connectivity index (χ1v) is 7.37. The summed E-state index contributed by atoms with van der Waals surface area (Å²) in [5, 5.41) is 7.15. The summed E-state index contributed by atoms with van der Waals surface area (Å²) in [4.78, 5) is 22.6. The van der Waals surface area contributed by atoms with E-state index in [9.17, 15) is 4.79 Å². The second-order valence-electron chi connectivity index (χ2n) is 4.64. The fraction of sp³-hybridized carbons (Fsp3) is 0.462. The third-order valence-corrected chi connectivity index (χ3v) is 4.51. The van der Waals surface area contributed by atoms with Crippen LogP contribution in [0.1, 0.15) is 24.6 Å². The van der Waals surface area contributed by atoms with Crippen LogP contribution in [0, 0.1) is 0 Å². The molecule has 1 atom stereocenters. The third-order valence-electron chi connectivity index (χ3n) is 3.33. The molecular formula is C13H16N4OS. The molecule has 1 fully saturated rings. The van der Waals surface area contributed by atoms with Crippen molar-refractivity contribution < 1.29 is 4.79 Å². The zero-order valence-electron chi connectivity index (χ0n) is 10.8. The fourth-order valence-electron chi connectivity index (χ4n) is 2.27. The molecule has 1 amide bonds. The Balaban J connectivity index is 1.91. The van der Waals surface area contributed by atoms with Crippen LogP contribution in [0.5, 0.6) is 0 Å². The standard InChI is InChI=1S/C13H16N4OS/c1-2-8-6-9-11(15-7-16-13(9)19-8)17-10-4-3-5-14-12(10)18/h6-7,10H,2-5H2,1H3,(H,14,18)(H,15,16,17). The molecule has 2 N–H and O–H groups in total. The first-order valence-electron chi connectivity index (χ1n) is 6.55. The maximum atomic E-state index is 11.8. The highest BCUT2D eigenvalue weighted by Gasteiger charge is 2.23. The number of thiophene rings is 1. The third kappa shape index (κ3) is 2.40. The first-order chi connectivity index (χ1) is 9.28. The number of hydrogen-bond acceptors (Lipinski definition) is 5. The van der Waals surface area contributed by atoms with Gasteiger partial charge in [-0.1, -0.05) is 6.92 Å². The van der Waals surface area contributed by atoms with Gasteiger partial charge in [0.05, 0.1) is 5.39 Å². The highest BCUT2D eigenvalue weighted by molar-refractivity contribution is 7.18. The molecule has 5 nitrogen and oxygen atoms in total. The van der Waals surface area contributed by atoms with Crippen molar-refractivity contribution in [1.29, 1.82) is 0 Å². The van der Waals surface area contributed by atoms with Crippen molar-refractivity contribution in [2.75, 3.05) is 11.9 Å². The van der Waals surface area contributed by atoms with E-state index < -0.39 is 0 Å². The number of piperidine rings is 1. The van der Waals surface area contributed by atoms with Gasteiger partial charge in [-0.3, -0.25) is 4.79 Å². The lowest BCUT2D eigenvalue weighted by Gasteiger charge is -2.23. The Bertz CT molecular complexity index is 610. The lowest BCUT2D eigenvalue weighted by Crippen LogP contribution is -2.44. The van der Waals surface area contributed by atoms with Gasteiger partial charge in [-0.2, -0.15) is 0 Å². The Morgan fingerprint density at radius 1 is 1.53 bits per heavy atom. The van der Waals surface area contributed by atoms with E-state index in [0.717, 1.165) is 41.8 Å². The number of anilines is 1. The monoisotopic (exact) mass is 276 g/mol. The van der Waals surface area contributed by atoms with Gasteiger partial charge < -0.3 is 10.6 Å². The van der Waals surface area contributed by atoms with Crippen molar-refractivity contribution in [2.45, 2.75) is 32.2 Å². The quantitative estimate of drug-likeness (QED) is 0.899. The molecule has 3 rings (SSSR count). The zero-order chi connectivity index (χ0) is 13.2. The van der Waals surface area contributed by atoms with Crippen molar-refractivity contribution in [3.8, 4) is 0 Å². The summed E-state index contributed by atoms with van der Waals surface area (Å²) in [6.45, 7) is 2.90. The van der Waals surface area contributed by atoms with Crippen LogP contribution in [0.4, 0.5) is 5.82 Å². The predicted molar refractivity (Wildman–Crippen MR) is 76.4 cm³/mol. The van der Waals surface area contributed by atoms with Crippen LogP contribution in [0.3, 0.4) is 0 Å². The first kappa shape index (κ1) is 12.3. The van der Waals surface area contributed by atoms with Crippen molar-refractivity contribution in [3.05, 3.63) is 17.3 Å². The number of amides is 1. The van der Waals surface area contributed by atoms with E-state index in [0.29, 0.717) is 0 Å². The smallest absolute Gasteiger partial charge is 0.242 e. The van der Waals surface area contributed by atoms with E-state index in [-0.39, 0.29) is 11.9 Å². The number of rotatable bonds is 3. The lowest BCUT2D eigenvalue weighted by molar-refractivity contribution is -0.123. The minimum atomic E-state index is -0.183. The molecular weight excluding hydrogens is 260 g/mol. The predicted octanol–water partition coefficient (Wildman–Crippen LogP) is 1.94. The Morgan fingerprint density at radius 2 is 2.42 bits per heavy atom. The second kappa shape index (κ2) is 5.13. The number of nitrogens with zero attached hydrogens (tertiary/aromatic N) is 2. The topological polar surface area (TPSA) is 66.9 Å². The normalized spacial score (nSPS) is 19.4. The molecule has 2 aromatic rings. The van der Waals surface area contributed by atoms with Crippen molar-refractivity contribution >= 4 is 33.3 Å². The molecule has 1 saturated heterocycles. The molecule has 0 aliphatic carbocycles. The highest BCUT2D eigenvalue weighted by atomic mass is 32.1. The summed E-state index contributed by atoms with van der Waals surface area (Å²) >= 11 is 1.68. The molecule has 0 saturated carbocycles. The Morgan fingerprint density at radius 3 is 3.21 bits per heavy atom. The van der Waals surface area contributed by atoms with E-state index >= 15 is 0 Å². The SMILES string of the molecule is CCc1cc2c(NC3CCCNC3=O)ncnc2s1. The molecule has 6 heteroatoms. The van der Waals surface area contributed by atoms with Crippen LogP contribution < -0.4 is 10.6 Å². The summed E-state index contributed by atoms with van der Waals surface area (Å²) < 4.78 is 0. The van der Waals surface area contributed by atoms with Crippen LogP contribution in [0.2, 0.25) is 0 Å². The molecule has 1 aliphatic heterocycles. The van der Waals surface area contributed by atoms with Crippen molar-refractivity contribution in [3.63, 3.8) is 0 Å². The van der Waals surface area contributed by atoms with E-state index in [1.807, 2.05) is 0 Å².